The Labute approximate surface area is 212 Å². The van der Waals surface area contributed by atoms with Crippen molar-refractivity contribution in [3.05, 3.63) is 106 Å². The molecule has 0 bridgehead atoms. The third-order valence-electron chi connectivity index (χ3n) is 6.16. The molecule has 2 N–H and O–H groups in total. The van der Waals surface area contributed by atoms with Gasteiger partial charge in [-0.1, -0.05) is 30.3 Å². The van der Waals surface area contributed by atoms with E-state index >= 15 is 0 Å². The number of rotatable bonds is 5. The molecule has 5 rings (SSSR count). The Morgan fingerprint density at radius 2 is 1.86 bits per heavy atom. The second-order valence-corrected chi connectivity index (χ2v) is 9.48. The highest BCUT2D eigenvalue weighted by Gasteiger charge is 2.38. The number of pyridine rings is 1. The summed E-state index contributed by atoms with van der Waals surface area (Å²) in [5, 5.41) is 6.25. The maximum absolute atomic E-state index is 13.6. The number of carbonyl (C=O) groups is 2. The van der Waals surface area contributed by atoms with Crippen LogP contribution in [0.4, 0.5) is 5.82 Å². The highest BCUT2D eigenvalue weighted by molar-refractivity contribution is 9.10. The number of benzene rings is 2. The van der Waals surface area contributed by atoms with Gasteiger partial charge in [0.2, 0.25) is 0 Å². The lowest BCUT2D eigenvalue weighted by Crippen LogP contribution is -2.35. The molecule has 0 spiro atoms. The van der Waals surface area contributed by atoms with Gasteiger partial charge < -0.3 is 15.4 Å². The standard InChI is InChI=1S/C28H24BrN3O3/c1-17-25(28(34)32-24-14-13-19(29)16-30-24)26(27-22(31-17)11-6-12-23(27)33)18-7-5-10-21(15-18)35-20-8-3-2-4-9-20/h2-5,7-10,13-16,26,31H,6,11-12H2,1H3,(H,30,32,34)/t26-/m1/s1. The zero-order valence-corrected chi connectivity index (χ0v) is 20.8. The molecule has 35 heavy (non-hydrogen) atoms. The molecule has 1 amide bonds. The summed E-state index contributed by atoms with van der Waals surface area (Å²) in [7, 11) is 0. The van der Waals surface area contributed by atoms with Crippen molar-refractivity contribution in [2.24, 2.45) is 0 Å². The number of carbonyl (C=O) groups excluding carboxylic acids is 2. The molecule has 7 heteroatoms. The second-order valence-electron chi connectivity index (χ2n) is 8.57. The van der Waals surface area contributed by atoms with Gasteiger partial charge >= 0.3 is 0 Å². The molecule has 0 fully saturated rings. The summed E-state index contributed by atoms with van der Waals surface area (Å²) in [6, 6.07) is 20.7. The number of hydrogen-bond donors (Lipinski definition) is 2. The zero-order chi connectivity index (χ0) is 24.4. The Morgan fingerprint density at radius 3 is 2.63 bits per heavy atom. The minimum Gasteiger partial charge on any atom is -0.457 e. The lowest BCUT2D eigenvalue weighted by Gasteiger charge is -2.34. The van der Waals surface area contributed by atoms with Gasteiger partial charge in [-0.25, -0.2) is 4.98 Å². The first-order valence-electron chi connectivity index (χ1n) is 11.5. The van der Waals surface area contributed by atoms with Crippen LogP contribution in [-0.2, 0) is 9.59 Å². The molecule has 1 aromatic heterocycles. The van der Waals surface area contributed by atoms with Crippen LogP contribution in [0.2, 0.25) is 0 Å². The molecule has 1 atom stereocenters. The van der Waals surface area contributed by atoms with Crippen molar-refractivity contribution in [2.45, 2.75) is 32.1 Å². The zero-order valence-electron chi connectivity index (χ0n) is 19.2. The third kappa shape index (κ3) is 4.91. The fraction of sp³-hybridized carbons (Fsp3) is 0.179. The van der Waals surface area contributed by atoms with Gasteiger partial charge in [-0.2, -0.15) is 0 Å². The predicted molar refractivity (Wildman–Crippen MR) is 138 cm³/mol. The van der Waals surface area contributed by atoms with Crippen molar-refractivity contribution in [1.29, 1.82) is 0 Å². The highest BCUT2D eigenvalue weighted by atomic mass is 79.9. The number of ketones is 1. The predicted octanol–water partition coefficient (Wildman–Crippen LogP) is 6.24. The number of nitrogens with one attached hydrogen (secondary N) is 2. The smallest absolute Gasteiger partial charge is 0.255 e. The van der Waals surface area contributed by atoms with E-state index in [1.807, 2.05) is 67.6 Å². The maximum Gasteiger partial charge on any atom is 0.255 e. The summed E-state index contributed by atoms with van der Waals surface area (Å²) in [5.74, 6) is 1.06. The number of halogens is 1. The minimum atomic E-state index is -0.506. The van der Waals surface area contributed by atoms with Crippen LogP contribution in [0.3, 0.4) is 0 Å². The van der Waals surface area contributed by atoms with E-state index in [-0.39, 0.29) is 11.7 Å². The number of para-hydroxylation sites is 1. The molecule has 176 valence electrons. The normalized spacial score (nSPS) is 17.5. The Bertz CT molecular complexity index is 1350. The third-order valence-corrected chi connectivity index (χ3v) is 6.63. The summed E-state index contributed by atoms with van der Waals surface area (Å²) in [6.07, 6.45) is 3.67. The number of ether oxygens (including phenoxy) is 1. The van der Waals surface area contributed by atoms with Gasteiger partial charge in [0.25, 0.3) is 5.91 Å². The lowest BCUT2D eigenvalue weighted by molar-refractivity contribution is -0.116. The van der Waals surface area contributed by atoms with Gasteiger partial charge in [0.15, 0.2) is 5.78 Å². The summed E-state index contributed by atoms with van der Waals surface area (Å²) < 4.78 is 6.87. The number of anilines is 1. The van der Waals surface area contributed by atoms with Crippen molar-refractivity contribution in [1.82, 2.24) is 10.3 Å². The number of amides is 1. The van der Waals surface area contributed by atoms with Crippen LogP contribution in [0.25, 0.3) is 0 Å². The van der Waals surface area contributed by atoms with E-state index in [4.69, 9.17) is 4.74 Å². The molecule has 0 radical (unpaired) electrons. The van der Waals surface area contributed by atoms with Crippen molar-refractivity contribution in [3.8, 4) is 11.5 Å². The summed E-state index contributed by atoms with van der Waals surface area (Å²) in [6.45, 7) is 1.88. The monoisotopic (exact) mass is 529 g/mol. The average molecular weight is 530 g/mol. The van der Waals surface area contributed by atoms with E-state index in [2.05, 4.69) is 31.5 Å². The van der Waals surface area contributed by atoms with E-state index < -0.39 is 5.92 Å². The number of aromatic nitrogens is 1. The number of dihydropyridines is 1. The van der Waals surface area contributed by atoms with Crippen LogP contribution >= 0.6 is 15.9 Å². The molecule has 1 aliphatic carbocycles. The van der Waals surface area contributed by atoms with E-state index in [0.717, 1.165) is 40.0 Å². The number of allylic oxidation sites excluding steroid dienone is 3. The maximum atomic E-state index is 13.6. The largest absolute Gasteiger partial charge is 0.457 e. The first-order valence-corrected chi connectivity index (χ1v) is 12.3. The van der Waals surface area contributed by atoms with Crippen molar-refractivity contribution < 1.29 is 14.3 Å². The summed E-state index contributed by atoms with van der Waals surface area (Å²) in [5.41, 5.74) is 3.62. The van der Waals surface area contributed by atoms with Crippen LogP contribution in [0.5, 0.6) is 11.5 Å². The molecular weight excluding hydrogens is 506 g/mol. The minimum absolute atomic E-state index is 0.0673. The van der Waals surface area contributed by atoms with E-state index in [1.54, 1.807) is 12.3 Å². The lowest BCUT2D eigenvalue weighted by atomic mass is 9.75. The molecule has 1 aliphatic heterocycles. The Kier molecular flexibility index (Phi) is 6.51. The second kappa shape index (κ2) is 9.88. The van der Waals surface area contributed by atoms with E-state index in [9.17, 15) is 9.59 Å². The quantitative estimate of drug-likeness (QED) is 0.408. The van der Waals surface area contributed by atoms with Gasteiger partial charge in [0, 0.05) is 45.5 Å². The van der Waals surface area contributed by atoms with E-state index in [0.29, 0.717) is 29.1 Å². The van der Waals surface area contributed by atoms with Crippen LogP contribution in [0.15, 0.2) is 99.9 Å². The molecule has 3 aromatic rings. The molecule has 0 saturated heterocycles. The number of nitrogens with zero attached hydrogens (tertiary/aromatic N) is 1. The molecule has 2 aliphatic rings. The molecule has 2 heterocycles. The number of hydrogen-bond acceptors (Lipinski definition) is 5. The molecular formula is C28H24BrN3O3. The molecule has 6 nitrogen and oxygen atoms in total. The van der Waals surface area contributed by atoms with Gasteiger partial charge in [0.05, 0.1) is 0 Å². The van der Waals surface area contributed by atoms with E-state index in [1.165, 1.54) is 0 Å². The Hall–Kier alpha value is -3.71. The molecule has 0 unspecified atom stereocenters. The average Bonchev–Trinajstić information content (AvgIpc) is 2.85. The van der Waals surface area contributed by atoms with Crippen LogP contribution < -0.4 is 15.4 Å². The summed E-state index contributed by atoms with van der Waals surface area (Å²) in [4.78, 5) is 31.0. The van der Waals surface area contributed by atoms with Gasteiger partial charge in [0.1, 0.15) is 17.3 Å². The Balaban J connectivity index is 1.55. The van der Waals surface area contributed by atoms with Gasteiger partial charge in [-0.15, -0.1) is 0 Å². The van der Waals surface area contributed by atoms with Gasteiger partial charge in [-0.3, -0.25) is 9.59 Å². The first kappa shape index (κ1) is 23.1. The van der Waals surface area contributed by atoms with Gasteiger partial charge in [-0.05, 0) is 77.7 Å². The first-order chi connectivity index (χ1) is 17.0. The fourth-order valence-corrected chi connectivity index (χ4v) is 4.87. The fourth-order valence-electron chi connectivity index (χ4n) is 4.63. The molecule has 0 saturated carbocycles. The summed E-state index contributed by atoms with van der Waals surface area (Å²) >= 11 is 3.36. The van der Waals surface area contributed by atoms with Crippen LogP contribution in [0.1, 0.15) is 37.7 Å². The number of Topliss-reactive ketones (excluding diaryl/α,β-unsaturated/α-hetero) is 1. The van der Waals surface area contributed by atoms with Crippen molar-refractivity contribution in [3.63, 3.8) is 0 Å². The van der Waals surface area contributed by atoms with Crippen LogP contribution in [-0.4, -0.2) is 16.7 Å². The topological polar surface area (TPSA) is 80.3 Å². The molecule has 2 aromatic carbocycles. The highest BCUT2D eigenvalue weighted by Crippen LogP contribution is 2.43. The van der Waals surface area contributed by atoms with Crippen molar-refractivity contribution in [2.75, 3.05) is 5.32 Å². The Morgan fingerprint density at radius 1 is 1.06 bits per heavy atom. The van der Waals surface area contributed by atoms with Crippen molar-refractivity contribution >= 4 is 33.4 Å². The SMILES string of the molecule is CC1=C(C(=O)Nc2ccc(Br)cn2)[C@@H](c2cccc(Oc3ccccc3)c2)C2=C(CCCC2=O)N1. The van der Waals surface area contributed by atoms with Crippen LogP contribution in [0, 0.1) is 0 Å².